The first-order valence-corrected chi connectivity index (χ1v) is 6.05. The molecule has 2 unspecified atom stereocenters. The van der Waals surface area contributed by atoms with Crippen molar-refractivity contribution in [1.82, 2.24) is 15.3 Å². The van der Waals surface area contributed by atoms with Crippen LogP contribution in [0, 0.1) is 5.92 Å². The van der Waals surface area contributed by atoms with E-state index in [4.69, 9.17) is 5.73 Å². The molecule has 1 fully saturated rings. The molecule has 3 N–H and O–H groups in total. The van der Waals surface area contributed by atoms with Crippen LogP contribution in [-0.4, -0.2) is 21.9 Å². The number of carbonyl (C=O) groups is 1. The molecule has 17 heavy (non-hydrogen) atoms. The molecule has 0 saturated heterocycles. The maximum atomic E-state index is 11.9. The molecule has 5 nitrogen and oxygen atoms in total. The molecule has 1 saturated carbocycles. The van der Waals surface area contributed by atoms with E-state index < -0.39 is 0 Å². The minimum absolute atomic E-state index is 0.00847. The second-order valence-electron chi connectivity index (χ2n) is 4.47. The zero-order chi connectivity index (χ0) is 12.1. The monoisotopic (exact) mass is 234 g/mol. The molecule has 1 aromatic rings. The lowest BCUT2D eigenvalue weighted by Crippen LogP contribution is -2.43. The summed E-state index contributed by atoms with van der Waals surface area (Å²) >= 11 is 0. The van der Waals surface area contributed by atoms with Crippen molar-refractivity contribution >= 4 is 5.91 Å². The number of nitrogens with one attached hydrogen (secondary N) is 1. The van der Waals surface area contributed by atoms with E-state index >= 15 is 0 Å². The summed E-state index contributed by atoms with van der Waals surface area (Å²) in [5, 5.41) is 2.89. The smallest absolute Gasteiger partial charge is 0.224 e. The van der Waals surface area contributed by atoms with Crippen LogP contribution in [-0.2, 0) is 11.3 Å². The molecule has 1 amide bonds. The predicted octanol–water partition coefficient (Wildman–Crippen LogP) is 0.610. The third-order valence-electron chi connectivity index (χ3n) is 3.24. The van der Waals surface area contributed by atoms with Crippen LogP contribution in [0.15, 0.2) is 18.6 Å². The van der Waals surface area contributed by atoms with Gasteiger partial charge in [-0.3, -0.25) is 4.79 Å². The number of amides is 1. The number of nitrogens with zero attached hydrogens (tertiary/aromatic N) is 2. The quantitative estimate of drug-likeness (QED) is 0.803. The number of hydrogen-bond donors (Lipinski definition) is 2. The van der Waals surface area contributed by atoms with Gasteiger partial charge in [0.25, 0.3) is 0 Å². The summed E-state index contributed by atoms with van der Waals surface area (Å²) in [5.74, 6) is 0.0152. The molecule has 0 bridgehead atoms. The Bertz CT molecular complexity index is 368. The highest BCUT2D eigenvalue weighted by Gasteiger charge is 2.27. The Balaban J connectivity index is 1.84. The van der Waals surface area contributed by atoms with Crippen molar-refractivity contribution in [3.63, 3.8) is 0 Å². The summed E-state index contributed by atoms with van der Waals surface area (Å²) in [6.45, 7) is 0.449. The Labute approximate surface area is 101 Å². The average molecular weight is 234 g/mol. The zero-order valence-electron chi connectivity index (χ0n) is 9.80. The molecular formula is C12H18N4O. The molecule has 0 aromatic carbocycles. The molecule has 0 aliphatic heterocycles. The van der Waals surface area contributed by atoms with Crippen molar-refractivity contribution in [3.8, 4) is 0 Å². The van der Waals surface area contributed by atoms with Crippen molar-refractivity contribution in [2.75, 3.05) is 0 Å². The number of carbonyl (C=O) groups excluding carboxylic acids is 1. The molecule has 1 aromatic heterocycles. The van der Waals surface area contributed by atoms with Crippen LogP contribution in [0.2, 0.25) is 0 Å². The van der Waals surface area contributed by atoms with E-state index in [-0.39, 0.29) is 17.9 Å². The van der Waals surface area contributed by atoms with Crippen LogP contribution < -0.4 is 11.1 Å². The third-order valence-corrected chi connectivity index (χ3v) is 3.24. The molecule has 5 heteroatoms. The molecule has 0 radical (unpaired) electrons. The maximum Gasteiger partial charge on any atom is 0.224 e. The fraction of sp³-hybridized carbons (Fsp3) is 0.583. The van der Waals surface area contributed by atoms with E-state index in [0.29, 0.717) is 6.54 Å². The third kappa shape index (κ3) is 3.23. The second-order valence-corrected chi connectivity index (χ2v) is 4.47. The Kier molecular flexibility index (Phi) is 4.03. The van der Waals surface area contributed by atoms with Crippen LogP contribution in [0.3, 0.4) is 0 Å². The highest BCUT2D eigenvalue weighted by molar-refractivity contribution is 5.79. The Hall–Kier alpha value is -1.49. The maximum absolute atomic E-state index is 11.9. The lowest BCUT2D eigenvalue weighted by molar-refractivity contribution is -0.126. The number of aromatic nitrogens is 2. The number of nitrogens with two attached hydrogens (primary N) is 1. The minimum Gasteiger partial charge on any atom is -0.350 e. The van der Waals surface area contributed by atoms with Crippen LogP contribution in [0.25, 0.3) is 0 Å². The molecule has 92 valence electrons. The summed E-state index contributed by atoms with van der Waals surface area (Å²) in [5.41, 5.74) is 6.78. The lowest BCUT2D eigenvalue weighted by atomic mass is 9.84. The Morgan fingerprint density at radius 1 is 1.47 bits per heavy atom. The first-order valence-electron chi connectivity index (χ1n) is 6.05. The van der Waals surface area contributed by atoms with Gasteiger partial charge in [-0.05, 0) is 18.9 Å². The van der Waals surface area contributed by atoms with E-state index in [9.17, 15) is 4.79 Å². The topological polar surface area (TPSA) is 80.9 Å². The normalized spacial score (nSPS) is 24.3. The van der Waals surface area contributed by atoms with Gasteiger partial charge in [0.05, 0.1) is 18.2 Å². The molecule has 2 atom stereocenters. The molecular weight excluding hydrogens is 216 g/mol. The van der Waals surface area contributed by atoms with Crippen molar-refractivity contribution in [2.24, 2.45) is 11.7 Å². The lowest BCUT2D eigenvalue weighted by Gasteiger charge is -2.27. The molecule has 2 rings (SSSR count). The fourth-order valence-electron chi connectivity index (χ4n) is 2.22. The molecule has 0 spiro atoms. The van der Waals surface area contributed by atoms with Crippen LogP contribution >= 0.6 is 0 Å². The zero-order valence-corrected chi connectivity index (χ0v) is 9.80. The van der Waals surface area contributed by atoms with E-state index in [1.54, 1.807) is 12.3 Å². The van der Waals surface area contributed by atoms with Crippen molar-refractivity contribution in [1.29, 1.82) is 0 Å². The summed E-state index contributed by atoms with van der Waals surface area (Å²) in [4.78, 5) is 19.8. The Morgan fingerprint density at radius 2 is 2.29 bits per heavy atom. The summed E-state index contributed by atoms with van der Waals surface area (Å²) < 4.78 is 0. The predicted molar refractivity (Wildman–Crippen MR) is 63.8 cm³/mol. The van der Waals surface area contributed by atoms with Gasteiger partial charge in [-0.25, -0.2) is 9.97 Å². The van der Waals surface area contributed by atoms with Gasteiger partial charge in [0, 0.05) is 12.2 Å². The number of hydrogen-bond acceptors (Lipinski definition) is 4. The largest absolute Gasteiger partial charge is 0.350 e. The van der Waals surface area contributed by atoms with Crippen molar-refractivity contribution in [3.05, 3.63) is 24.3 Å². The first-order chi connectivity index (χ1) is 8.27. The van der Waals surface area contributed by atoms with E-state index in [1.807, 2.05) is 0 Å². The van der Waals surface area contributed by atoms with Gasteiger partial charge in [-0.15, -0.1) is 0 Å². The average Bonchev–Trinajstić information content (AvgIpc) is 2.38. The van der Waals surface area contributed by atoms with Gasteiger partial charge in [0.2, 0.25) is 5.91 Å². The van der Waals surface area contributed by atoms with Crippen LogP contribution in [0.4, 0.5) is 0 Å². The molecule has 1 aliphatic carbocycles. The summed E-state index contributed by atoms with van der Waals surface area (Å²) in [6.07, 6.45) is 7.23. The SMILES string of the molecule is NC1CCCCC1C(=O)NCc1ccncn1. The van der Waals surface area contributed by atoms with Gasteiger partial charge < -0.3 is 11.1 Å². The van der Waals surface area contributed by atoms with E-state index in [1.165, 1.54) is 6.33 Å². The number of rotatable bonds is 3. The highest BCUT2D eigenvalue weighted by atomic mass is 16.1. The fourth-order valence-corrected chi connectivity index (χ4v) is 2.22. The van der Waals surface area contributed by atoms with Crippen molar-refractivity contribution < 1.29 is 4.79 Å². The van der Waals surface area contributed by atoms with Gasteiger partial charge in [-0.1, -0.05) is 12.8 Å². The second kappa shape index (κ2) is 5.72. The van der Waals surface area contributed by atoms with Crippen LogP contribution in [0.1, 0.15) is 31.4 Å². The first kappa shape index (κ1) is 12.0. The van der Waals surface area contributed by atoms with E-state index in [0.717, 1.165) is 31.4 Å². The minimum atomic E-state index is -0.0365. The molecule has 1 aliphatic rings. The summed E-state index contributed by atoms with van der Waals surface area (Å²) in [6, 6.07) is 1.80. The van der Waals surface area contributed by atoms with E-state index in [2.05, 4.69) is 15.3 Å². The van der Waals surface area contributed by atoms with Crippen molar-refractivity contribution in [2.45, 2.75) is 38.3 Å². The highest BCUT2D eigenvalue weighted by Crippen LogP contribution is 2.22. The van der Waals surface area contributed by atoms with Crippen LogP contribution in [0.5, 0.6) is 0 Å². The van der Waals surface area contributed by atoms with Gasteiger partial charge in [0.1, 0.15) is 6.33 Å². The van der Waals surface area contributed by atoms with Gasteiger partial charge >= 0.3 is 0 Å². The van der Waals surface area contributed by atoms with Gasteiger partial charge in [0.15, 0.2) is 0 Å². The Morgan fingerprint density at radius 3 is 3.00 bits per heavy atom. The van der Waals surface area contributed by atoms with Gasteiger partial charge in [-0.2, -0.15) is 0 Å². The standard InChI is InChI=1S/C12H18N4O/c13-11-4-2-1-3-10(11)12(17)15-7-9-5-6-14-8-16-9/h5-6,8,10-11H,1-4,7,13H2,(H,15,17). The summed E-state index contributed by atoms with van der Waals surface area (Å²) in [7, 11) is 0. The molecule has 1 heterocycles.